The van der Waals surface area contributed by atoms with E-state index in [-0.39, 0.29) is 6.04 Å². The second-order valence-corrected chi connectivity index (χ2v) is 4.45. The molecule has 1 unspecified atom stereocenters. The largest absolute Gasteiger partial charge is 0.382 e. The molecule has 0 radical (unpaired) electrons. The van der Waals surface area contributed by atoms with Gasteiger partial charge in [-0.25, -0.2) is 0 Å². The maximum absolute atomic E-state index is 11.5. The molecule has 0 heterocycles. The van der Waals surface area contributed by atoms with Crippen LogP contribution in [0.4, 0.5) is 5.69 Å². The molecule has 0 spiro atoms. The maximum Gasteiger partial charge on any atom is 0.134 e. The molecule has 1 aromatic carbocycles. The molecule has 0 bridgehead atoms. The van der Waals surface area contributed by atoms with E-state index in [1.54, 1.807) is 0 Å². The predicted octanol–water partition coefficient (Wildman–Crippen LogP) is 4.03. The summed E-state index contributed by atoms with van der Waals surface area (Å²) < 4.78 is 0. The zero-order valence-electron chi connectivity index (χ0n) is 10.9. The molecule has 1 rings (SSSR count). The topological polar surface area (TPSA) is 29.1 Å². The number of rotatable bonds is 8. The van der Waals surface area contributed by atoms with Gasteiger partial charge in [0, 0.05) is 24.6 Å². The molecule has 2 heteroatoms. The highest BCUT2D eigenvalue weighted by atomic mass is 16.1. The van der Waals surface area contributed by atoms with Crippen molar-refractivity contribution >= 4 is 11.5 Å². The first-order chi connectivity index (χ1) is 8.26. The smallest absolute Gasteiger partial charge is 0.134 e. The van der Waals surface area contributed by atoms with E-state index in [4.69, 9.17) is 0 Å². The Morgan fingerprint density at radius 2 is 1.94 bits per heavy atom. The number of hydrogen-bond donors (Lipinski definition) is 1. The second kappa shape index (κ2) is 7.88. The van der Waals surface area contributed by atoms with Crippen molar-refractivity contribution in [3.63, 3.8) is 0 Å². The predicted molar refractivity (Wildman–Crippen MR) is 73.3 cm³/mol. The number of anilines is 1. The van der Waals surface area contributed by atoms with Crippen molar-refractivity contribution < 1.29 is 4.79 Å². The van der Waals surface area contributed by atoms with E-state index in [1.165, 1.54) is 12.8 Å². The number of carbonyl (C=O) groups excluding carboxylic acids is 1. The summed E-state index contributed by atoms with van der Waals surface area (Å²) in [6, 6.07) is 10.4. The van der Waals surface area contributed by atoms with Gasteiger partial charge in [-0.3, -0.25) is 4.79 Å². The van der Waals surface area contributed by atoms with Crippen LogP contribution in [0.25, 0.3) is 0 Å². The first kappa shape index (κ1) is 13.8. The minimum atomic E-state index is 0.282. The fraction of sp³-hybridized carbons (Fsp3) is 0.533. The van der Waals surface area contributed by atoms with E-state index >= 15 is 0 Å². The molecule has 1 N–H and O–H groups in total. The van der Waals surface area contributed by atoms with Gasteiger partial charge in [0.2, 0.25) is 0 Å². The normalized spacial score (nSPS) is 12.1. The van der Waals surface area contributed by atoms with Crippen molar-refractivity contribution in [2.24, 2.45) is 0 Å². The van der Waals surface area contributed by atoms with E-state index in [0.717, 1.165) is 12.1 Å². The van der Waals surface area contributed by atoms with Gasteiger partial charge in [-0.2, -0.15) is 0 Å². The Morgan fingerprint density at radius 1 is 1.24 bits per heavy atom. The fourth-order valence-electron chi connectivity index (χ4n) is 1.87. The lowest BCUT2D eigenvalue weighted by Crippen LogP contribution is -2.23. The van der Waals surface area contributed by atoms with E-state index in [0.29, 0.717) is 18.6 Å². The van der Waals surface area contributed by atoms with Gasteiger partial charge in [0.15, 0.2) is 0 Å². The Hall–Kier alpha value is -1.31. The Bertz CT molecular complexity index is 321. The number of hydrogen-bond acceptors (Lipinski definition) is 2. The summed E-state index contributed by atoms with van der Waals surface area (Å²) in [7, 11) is 0. The summed E-state index contributed by atoms with van der Waals surface area (Å²) in [4.78, 5) is 11.5. The second-order valence-electron chi connectivity index (χ2n) is 4.45. The summed E-state index contributed by atoms with van der Waals surface area (Å²) in [5.74, 6) is 0.342. The van der Waals surface area contributed by atoms with Gasteiger partial charge in [0.1, 0.15) is 5.78 Å². The van der Waals surface area contributed by atoms with Crippen molar-refractivity contribution in [3.8, 4) is 0 Å². The highest BCUT2D eigenvalue weighted by Crippen LogP contribution is 2.14. The summed E-state index contributed by atoms with van der Waals surface area (Å²) >= 11 is 0. The molecule has 0 aliphatic carbocycles. The zero-order chi connectivity index (χ0) is 12.5. The molecule has 0 aromatic heterocycles. The van der Waals surface area contributed by atoms with Crippen LogP contribution < -0.4 is 5.32 Å². The highest BCUT2D eigenvalue weighted by Gasteiger charge is 2.11. The van der Waals surface area contributed by atoms with Gasteiger partial charge < -0.3 is 5.32 Å². The van der Waals surface area contributed by atoms with Gasteiger partial charge in [0.25, 0.3) is 0 Å². The molecule has 0 aliphatic heterocycles. The van der Waals surface area contributed by atoms with Crippen LogP contribution in [0.5, 0.6) is 0 Å². The van der Waals surface area contributed by atoms with Crippen LogP contribution in [-0.4, -0.2) is 11.8 Å². The lowest BCUT2D eigenvalue weighted by Gasteiger charge is -2.19. The van der Waals surface area contributed by atoms with Crippen LogP contribution in [0, 0.1) is 0 Å². The first-order valence-corrected chi connectivity index (χ1v) is 6.59. The maximum atomic E-state index is 11.5. The fourth-order valence-corrected chi connectivity index (χ4v) is 1.87. The van der Waals surface area contributed by atoms with E-state index in [1.807, 2.05) is 25.1 Å². The van der Waals surface area contributed by atoms with E-state index in [2.05, 4.69) is 24.4 Å². The number of nitrogens with one attached hydrogen (secondary N) is 1. The molecular formula is C15H23NO. The van der Waals surface area contributed by atoms with E-state index in [9.17, 15) is 4.79 Å². The van der Waals surface area contributed by atoms with Crippen LogP contribution in [0.2, 0.25) is 0 Å². The van der Waals surface area contributed by atoms with Crippen LogP contribution >= 0.6 is 0 Å². The van der Waals surface area contributed by atoms with Crippen LogP contribution in [0.3, 0.4) is 0 Å². The summed E-state index contributed by atoms with van der Waals surface area (Å²) in [5, 5.41) is 3.46. The molecule has 1 atom stereocenters. The third-order valence-electron chi connectivity index (χ3n) is 2.92. The minimum absolute atomic E-state index is 0.282. The minimum Gasteiger partial charge on any atom is -0.382 e. The number of ketones is 1. The number of Topliss-reactive ketones (excluding diaryl/α,β-unsaturated/α-hetero) is 1. The third kappa shape index (κ3) is 5.53. The standard InChI is InChI=1S/C15H23NO/c1-3-5-9-14(12-15(17)4-2)16-13-10-7-6-8-11-13/h6-8,10-11,14,16H,3-5,9,12H2,1-2H3. The highest BCUT2D eigenvalue weighted by molar-refractivity contribution is 5.79. The van der Waals surface area contributed by atoms with Crippen LogP contribution in [-0.2, 0) is 4.79 Å². The molecule has 2 nitrogen and oxygen atoms in total. The van der Waals surface area contributed by atoms with Crippen LogP contribution in [0.1, 0.15) is 46.0 Å². The molecule has 0 amide bonds. The molecule has 1 aromatic rings. The lowest BCUT2D eigenvalue weighted by molar-refractivity contribution is -0.119. The third-order valence-corrected chi connectivity index (χ3v) is 2.92. The summed E-state index contributed by atoms with van der Waals surface area (Å²) in [6.07, 6.45) is 4.69. The molecular weight excluding hydrogens is 210 g/mol. The molecule has 94 valence electrons. The summed E-state index contributed by atoms with van der Waals surface area (Å²) in [6.45, 7) is 4.11. The summed E-state index contributed by atoms with van der Waals surface area (Å²) in [5.41, 5.74) is 1.11. The van der Waals surface area contributed by atoms with Gasteiger partial charge in [-0.05, 0) is 18.6 Å². The van der Waals surface area contributed by atoms with Gasteiger partial charge in [-0.15, -0.1) is 0 Å². The van der Waals surface area contributed by atoms with Crippen molar-refractivity contribution in [1.29, 1.82) is 0 Å². The van der Waals surface area contributed by atoms with Gasteiger partial charge >= 0.3 is 0 Å². The zero-order valence-corrected chi connectivity index (χ0v) is 10.9. The average molecular weight is 233 g/mol. The lowest BCUT2D eigenvalue weighted by atomic mass is 10.0. The Kier molecular flexibility index (Phi) is 6.38. The molecule has 0 saturated heterocycles. The Morgan fingerprint density at radius 3 is 2.53 bits per heavy atom. The van der Waals surface area contributed by atoms with Gasteiger partial charge in [0.05, 0.1) is 0 Å². The number of carbonyl (C=O) groups is 1. The van der Waals surface area contributed by atoms with Crippen molar-refractivity contribution in [1.82, 2.24) is 0 Å². The molecule has 17 heavy (non-hydrogen) atoms. The average Bonchev–Trinajstić information content (AvgIpc) is 2.37. The monoisotopic (exact) mass is 233 g/mol. The molecule has 0 aliphatic rings. The van der Waals surface area contributed by atoms with Crippen molar-refractivity contribution in [2.45, 2.75) is 52.0 Å². The Balaban J connectivity index is 2.53. The van der Waals surface area contributed by atoms with Crippen molar-refractivity contribution in [2.75, 3.05) is 5.32 Å². The quantitative estimate of drug-likeness (QED) is 0.734. The Labute approximate surface area is 104 Å². The number of unbranched alkanes of at least 4 members (excludes halogenated alkanes) is 1. The SMILES string of the molecule is CCCCC(CC(=O)CC)Nc1ccccc1. The molecule has 0 saturated carbocycles. The van der Waals surface area contributed by atoms with Crippen molar-refractivity contribution in [3.05, 3.63) is 30.3 Å². The molecule has 0 fully saturated rings. The first-order valence-electron chi connectivity index (χ1n) is 6.59. The van der Waals surface area contributed by atoms with E-state index < -0.39 is 0 Å². The van der Waals surface area contributed by atoms with Crippen LogP contribution in [0.15, 0.2) is 30.3 Å². The van der Waals surface area contributed by atoms with Gasteiger partial charge in [-0.1, -0.05) is 44.9 Å². The number of para-hydroxylation sites is 1. The number of benzene rings is 1.